The standard InChI is InChI=1S/C12H8N2O/c1-2-9-8-13-14-11(9)12(15)10-6-4-3-5-7-10/h1,3-8H,(H,13,14). The molecule has 72 valence electrons. The van der Waals surface area contributed by atoms with Crippen molar-refractivity contribution >= 4 is 5.78 Å². The molecule has 0 fully saturated rings. The van der Waals surface area contributed by atoms with Gasteiger partial charge in [0, 0.05) is 11.8 Å². The van der Waals surface area contributed by atoms with Gasteiger partial charge in [0.25, 0.3) is 0 Å². The summed E-state index contributed by atoms with van der Waals surface area (Å²) in [6.45, 7) is 0. The molecule has 3 nitrogen and oxygen atoms in total. The van der Waals surface area contributed by atoms with Gasteiger partial charge in [0.1, 0.15) is 5.69 Å². The first-order valence-electron chi connectivity index (χ1n) is 4.43. The van der Waals surface area contributed by atoms with Crippen LogP contribution in [0.15, 0.2) is 36.5 Å². The third kappa shape index (κ3) is 1.65. The zero-order valence-corrected chi connectivity index (χ0v) is 7.90. The predicted octanol–water partition coefficient (Wildman–Crippen LogP) is 1.62. The maximum absolute atomic E-state index is 11.9. The quantitative estimate of drug-likeness (QED) is 0.586. The minimum absolute atomic E-state index is 0.162. The van der Waals surface area contributed by atoms with Gasteiger partial charge in [-0.15, -0.1) is 6.42 Å². The minimum Gasteiger partial charge on any atom is -0.287 e. The third-order valence-corrected chi connectivity index (χ3v) is 2.05. The summed E-state index contributed by atoms with van der Waals surface area (Å²) in [7, 11) is 0. The zero-order valence-electron chi connectivity index (χ0n) is 7.90. The van der Waals surface area contributed by atoms with Gasteiger partial charge in [0.05, 0.1) is 5.56 Å². The van der Waals surface area contributed by atoms with E-state index in [0.29, 0.717) is 16.8 Å². The number of H-pyrrole nitrogens is 1. The van der Waals surface area contributed by atoms with Gasteiger partial charge in [-0.1, -0.05) is 36.3 Å². The number of aromatic nitrogens is 2. The topological polar surface area (TPSA) is 45.8 Å². The number of hydrogen-bond donors (Lipinski definition) is 1. The van der Waals surface area contributed by atoms with E-state index in [-0.39, 0.29) is 5.78 Å². The summed E-state index contributed by atoms with van der Waals surface area (Å²) in [6, 6.07) is 8.92. The number of nitrogens with one attached hydrogen (secondary N) is 1. The van der Waals surface area contributed by atoms with Crippen LogP contribution in [-0.4, -0.2) is 16.0 Å². The van der Waals surface area contributed by atoms with Gasteiger partial charge in [-0.05, 0) is 0 Å². The molecule has 1 N–H and O–H groups in total. The van der Waals surface area contributed by atoms with E-state index >= 15 is 0 Å². The predicted molar refractivity (Wildman–Crippen MR) is 56.4 cm³/mol. The second-order valence-corrected chi connectivity index (χ2v) is 2.99. The Labute approximate surface area is 87.1 Å². The monoisotopic (exact) mass is 196 g/mol. The Morgan fingerprint density at radius 3 is 2.73 bits per heavy atom. The first kappa shape index (κ1) is 9.22. The van der Waals surface area contributed by atoms with E-state index in [1.54, 1.807) is 24.3 Å². The number of rotatable bonds is 2. The van der Waals surface area contributed by atoms with Crippen molar-refractivity contribution in [1.29, 1.82) is 0 Å². The van der Waals surface area contributed by atoms with Crippen LogP contribution in [0.25, 0.3) is 0 Å². The first-order valence-corrected chi connectivity index (χ1v) is 4.43. The lowest BCUT2D eigenvalue weighted by atomic mass is 10.1. The molecule has 0 aliphatic carbocycles. The molecule has 0 saturated heterocycles. The van der Waals surface area contributed by atoms with E-state index in [1.807, 2.05) is 6.07 Å². The van der Waals surface area contributed by atoms with Crippen molar-refractivity contribution in [3.8, 4) is 12.3 Å². The van der Waals surface area contributed by atoms with E-state index < -0.39 is 0 Å². The van der Waals surface area contributed by atoms with Crippen molar-refractivity contribution in [2.24, 2.45) is 0 Å². The van der Waals surface area contributed by atoms with Crippen LogP contribution < -0.4 is 0 Å². The van der Waals surface area contributed by atoms with Crippen LogP contribution in [0.3, 0.4) is 0 Å². The molecule has 2 aromatic rings. The number of carbonyl (C=O) groups excluding carboxylic acids is 1. The van der Waals surface area contributed by atoms with Crippen molar-refractivity contribution < 1.29 is 4.79 Å². The number of terminal acetylenes is 1. The lowest BCUT2D eigenvalue weighted by molar-refractivity contribution is 0.103. The Hall–Kier alpha value is -2.34. The molecule has 0 unspecified atom stereocenters. The lowest BCUT2D eigenvalue weighted by Crippen LogP contribution is -2.03. The molecule has 15 heavy (non-hydrogen) atoms. The molecule has 1 aromatic carbocycles. The van der Waals surface area contributed by atoms with Crippen molar-refractivity contribution in [3.63, 3.8) is 0 Å². The number of benzene rings is 1. The van der Waals surface area contributed by atoms with Crippen LogP contribution in [0.2, 0.25) is 0 Å². The van der Waals surface area contributed by atoms with Gasteiger partial charge in [-0.25, -0.2) is 0 Å². The number of nitrogens with zero attached hydrogens (tertiary/aromatic N) is 1. The van der Waals surface area contributed by atoms with Gasteiger partial charge in [-0.2, -0.15) is 5.10 Å². The fourth-order valence-corrected chi connectivity index (χ4v) is 1.30. The zero-order chi connectivity index (χ0) is 10.7. The van der Waals surface area contributed by atoms with E-state index in [1.165, 1.54) is 6.20 Å². The molecule has 0 bridgehead atoms. The molecule has 0 aliphatic rings. The average molecular weight is 196 g/mol. The number of hydrogen-bond acceptors (Lipinski definition) is 2. The molecule has 0 amide bonds. The molecule has 0 saturated carbocycles. The summed E-state index contributed by atoms with van der Waals surface area (Å²) in [5, 5.41) is 6.43. The van der Waals surface area contributed by atoms with Gasteiger partial charge in [-0.3, -0.25) is 9.89 Å². The third-order valence-electron chi connectivity index (χ3n) is 2.05. The highest BCUT2D eigenvalue weighted by Crippen LogP contribution is 2.10. The van der Waals surface area contributed by atoms with Crippen LogP contribution in [0, 0.1) is 12.3 Å². The van der Waals surface area contributed by atoms with Crippen LogP contribution in [0.5, 0.6) is 0 Å². The molecular weight excluding hydrogens is 188 g/mol. The SMILES string of the molecule is C#Cc1c[nH]nc1C(=O)c1ccccc1. The second-order valence-electron chi connectivity index (χ2n) is 2.99. The van der Waals surface area contributed by atoms with Gasteiger partial charge >= 0.3 is 0 Å². The molecule has 0 spiro atoms. The highest BCUT2D eigenvalue weighted by atomic mass is 16.1. The Bertz CT molecular complexity index is 520. The highest BCUT2D eigenvalue weighted by Gasteiger charge is 2.14. The lowest BCUT2D eigenvalue weighted by Gasteiger charge is -1.96. The maximum Gasteiger partial charge on any atom is 0.214 e. The Morgan fingerprint density at radius 2 is 2.07 bits per heavy atom. The van der Waals surface area contributed by atoms with Crippen molar-refractivity contribution in [1.82, 2.24) is 10.2 Å². The van der Waals surface area contributed by atoms with E-state index in [2.05, 4.69) is 16.1 Å². The summed E-state index contributed by atoms with van der Waals surface area (Å²) in [4.78, 5) is 11.9. The Morgan fingerprint density at radius 1 is 1.33 bits per heavy atom. The number of aromatic amines is 1. The second kappa shape index (κ2) is 3.81. The smallest absolute Gasteiger partial charge is 0.214 e. The Kier molecular flexibility index (Phi) is 2.34. The number of carbonyl (C=O) groups is 1. The maximum atomic E-state index is 11.9. The van der Waals surface area contributed by atoms with Crippen molar-refractivity contribution in [2.45, 2.75) is 0 Å². The fraction of sp³-hybridized carbons (Fsp3) is 0. The summed E-state index contributed by atoms with van der Waals surface area (Å²) in [5.74, 6) is 2.25. The van der Waals surface area contributed by atoms with Crippen LogP contribution >= 0.6 is 0 Å². The largest absolute Gasteiger partial charge is 0.287 e. The average Bonchev–Trinajstić information content (AvgIpc) is 2.77. The summed E-state index contributed by atoms with van der Waals surface area (Å²) in [5.41, 5.74) is 1.37. The summed E-state index contributed by atoms with van der Waals surface area (Å²) in [6.07, 6.45) is 6.79. The van der Waals surface area contributed by atoms with Crippen LogP contribution in [-0.2, 0) is 0 Å². The Balaban J connectivity index is 2.43. The molecule has 3 heteroatoms. The number of ketones is 1. The molecule has 0 atom stereocenters. The van der Waals surface area contributed by atoms with E-state index in [4.69, 9.17) is 6.42 Å². The van der Waals surface area contributed by atoms with E-state index in [9.17, 15) is 4.79 Å². The molecule has 0 aliphatic heterocycles. The van der Waals surface area contributed by atoms with Gasteiger partial charge in [0.2, 0.25) is 5.78 Å². The van der Waals surface area contributed by atoms with E-state index in [0.717, 1.165) is 0 Å². The van der Waals surface area contributed by atoms with Crippen LogP contribution in [0.4, 0.5) is 0 Å². The summed E-state index contributed by atoms with van der Waals surface area (Å²) >= 11 is 0. The molecular formula is C12H8N2O. The first-order chi connectivity index (χ1) is 7.33. The van der Waals surface area contributed by atoms with Gasteiger partial charge < -0.3 is 0 Å². The molecule has 2 rings (SSSR count). The minimum atomic E-state index is -0.162. The molecule has 0 radical (unpaired) electrons. The fourth-order valence-electron chi connectivity index (χ4n) is 1.30. The molecule has 1 aromatic heterocycles. The van der Waals surface area contributed by atoms with Gasteiger partial charge in [0.15, 0.2) is 0 Å². The normalized spacial score (nSPS) is 9.53. The van der Waals surface area contributed by atoms with Crippen LogP contribution in [0.1, 0.15) is 21.6 Å². The van der Waals surface area contributed by atoms with Crippen molar-refractivity contribution in [2.75, 3.05) is 0 Å². The van der Waals surface area contributed by atoms with Crippen molar-refractivity contribution in [3.05, 3.63) is 53.3 Å². The molecule has 1 heterocycles. The highest BCUT2D eigenvalue weighted by molar-refractivity contribution is 6.09. The summed E-state index contributed by atoms with van der Waals surface area (Å²) < 4.78 is 0.